The molecule has 0 saturated carbocycles. The molecule has 30 heavy (non-hydrogen) atoms. The van der Waals surface area contributed by atoms with Crippen LogP contribution in [0, 0.1) is 0 Å². The van der Waals surface area contributed by atoms with Gasteiger partial charge < -0.3 is 20.5 Å². The van der Waals surface area contributed by atoms with E-state index in [1.165, 1.54) is 5.56 Å². The van der Waals surface area contributed by atoms with Crippen LogP contribution in [0.5, 0.6) is 5.75 Å². The minimum atomic E-state index is -0.803. The molecular weight excluding hydrogens is 376 g/mol. The molecule has 1 saturated heterocycles. The van der Waals surface area contributed by atoms with Gasteiger partial charge in [0.25, 0.3) is 0 Å². The summed E-state index contributed by atoms with van der Waals surface area (Å²) < 4.78 is 5.41. The van der Waals surface area contributed by atoms with Gasteiger partial charge in [0.05, 0.1) is 11.3 Å². The summed E-state index contributed by atoms with van der Waals surface area (Å²) in [5.74, 6) is 1.24. The maximum absolute atomic E-state index is 11.6. The molecule has 2 aromatic carbocycles. The van der Waals surface area contributed by atoms with Crippen molar-refractivity contribution in [2.24, 2.45) is 5.73 Å². The van der Waals surface area contributed by atoms with E-state index < -0.39 is 11.7 Å². The molecule has 3 N–H and O–H groups in total. The van der Waals surface area contributed by atoms with Crippen molar-refractivity contribution in [2.45, 2.75) is 63.9 Å². The molecule has 1 unspecified atom stereocenters. The van der Waals surface area contributed by atoms with Crippen LogP contribution in [-0.4, -0.2) is 29.9 Å². The molecule has 162 valence electrons. The van der Waals surface area contributed by atoms with Gasteiger partial charge in [-0.25, -0.2) is 4.79 Å². The molecule has 1 atom stereocenters. The Kier molecular flexibility index (Phi) is 7.03. The highest BCUT2D eigenvalue weighted by molar-refractivity contribution is 5.72. The third-order valence-electron chi connectivity index (χ3n) is 6.01. The van der Waals surface area contributed by atoms with Crippen LogP contribution in [0.15, 0.2) is 48.5 Å². The number of benzene rings is 2. The Morgan fingerprint density at radius 1 is 1.20 bits per heavy atom. The molecule has 5 nitrogen and oxygen atoms in total. The molecule has 0 spiro atoms. The number of ether oxygens (including phenoxy) is 1. The van der Waals surface area contributed by atoms with E-state index in [1.807, 2.05) is 26.0 Å². The average molecular weight is 411 g/mol. The minimum Gasteiger partial charge on any atom is -0.408 e. The Morgan fingerprint density at radius 2 is 1.87 bits per heavy atom. The third kappa shape index (κ3) is 5.76. The lowest BCUT2D eigenvalue weighted by molar-refractivity contribution is 0.0624. The molecule has 0 radical (unpaired) electrons. The van der Waals surface area contributed by atoms with Gasteiger partial charge in [0.1, 0.15) is 0 Å². The number of piperidine rings is 1. The van der Waals surface area contributed by atoms with Crippen LogP contribution < -0.4 is 15.4 Å². The van der Waals surface area contributed by atoms with E-state index in [0.717, 1.165) is 43.6 Å². The summed E-state index contributed by atoms with van der Waals surface area (Å²) in [5, 5.41) is 10.3. The molecule has 0 aliphatic carbocycles. The van der Waals surface area contributed by atoms with Gasteiger partial charge in [0.15, 0.2) is 5.75 Å². The highest BCUT2D eigenvalue weighted by atomic mass is 16.5. The van der Waals surface area contributed by atoms with Crippen LogP contribution in [0.3, 0.4) is 0 Å². The van der Waals surface area contributed by atoms with Gasteiger partial charge in [-0.2, -0.15) is 0 Å². The molecule has 2 aromatic rings. The fraction of sp³-hybridized carbons (Fsp3) is 0.480. The van der Waals surface area contributed by atoms with Crippen LogP contribution in [0.2, 0.25) is 0 Å². The first kappa shape index (κ1) is 22.2. The van der Waals surface area contributed by atoms with Crippen molar-refractivity contribution in [3.05, 3.63) is 59.7 Å². The lowest BCUT2D eigenvalue weighted by atomic mass is 9.85. The van der Waals surface area contributed by atoms with Crippen LogP contribution in [0.25, 0.3) is 0 Å². The summed E-state index contributed by atoms with van der Waals surface area (Å²) in [7, 11) is 0. The Bertz CT molecular complexity index is 837. The number of anilines is 1. The summed E-state index contributed by atoms with van der Waals surface area (Å²) in [6.45, 7) is 7.54. The Morgan fingerprint density at radius 3 is 2.43 bits per heavy atom. The molecule has 1 heterocycles. The zero-order valence-corrected chi connectivity index (χ0v) is 18.3. The average Bonchev–Trinajstić information content (AvgIpc) is 2.72. The van der Waals surface area contributed by atoms with Crippen molar-refractivity contribution in [1.82, 2.24) is 0 Å². The van der Waals surface area contributed by atoms with Gasteiger partial charge in [-0.05, 0) is 74.6 Å². The monoisotopic (exact) mass is 410 g/mol. The largest absolute Gasteiger partial charge is 0.410 e. The highest BCUT2D eigenvalue weighted by Gasteiger charge is 2.25. The number of carbonyl (C=O) groups excluding carboxylic acids is 1. The topological polar surface area (TPSA) is 75.8 Å². The third-order valence-corrected chi connectivity index (χ3v) is 6.01. The van der Waals surface area contributed by atoms with Crippen molar-refractivity contribution < 1.29 is 14.6 Å². The van der Waals surface area contributed by atoms with Crippen LogP contribution in [0.4, 0.5) is 10.5 Å². The van der Waals surface area contributed by atoms with Crippen LogP contribution in [-0.2, 0) is 0 Å². The van der Waals surface area contributed by atoms with Gasteiger partial charge in [0, 0.05) is 13.1 Å². The molecule has 5 heteroatoms. The van der Waals surface area contributed by atoms with E-state index in [0.29, 0.717) is 18.1 Å². The van der Waals surface area contributed by atoms with Crippen molar-refractivity contribution in [1.29, 1.82) is 0 Å². The summed E-state index contributed by atoms with van der Waals surface area (Å²) in [6.07, 6.45) is 2.84. The van der Waals surface area contributed by atoms with E-state index in [1.54, 1.807) is 0 Å². The van der Waals surface area contributed by atoms with Gasteiger partial charge in [0.2, 0.25) is 0 Å². The number of nitrogens with zero attached hydrogens (tertiary/aromatic N) is 1. The molecule has 1 fully saturated rings. The Hall–Kier alpha value is -2.53. The number of nitrogens with two attached hydrogens (primary N) is 1. The smallest absolute Gasteiger partial charge is 0.408 e. The predicted octanol–water partition coefficient (Wildman–Crippen LogP) is 5.18. The second kappa shape index (κ2) is 9.52. The van der Waals surface area contributed by atoms with E-state index in [2.05, 4.69) is 48.2 Å². The standard InChI is InChI=1S/C25H34N2O3/c1-4-18(17-25(2,3)29)21-10-11-22(23(16-21)30-24(26)28)27-14-12-20(13-15-27)19-8-6-5-7-9-19/h5-11,16,18,20,29H,4,12-15,17H2,1-3H3,(H2,26,28). The SMILES string of the molecule is CCC(CC(C)(C)O)c1ccc(N2CCC(c3ccccc3)CC2)c(OC(N)=O)c1. The fourth-order valence-electron chi connectivity index (χ4n) is 4.52. The van der Waals surface area contributed by atoms with Gasteiger partial charge in [-0.1, -0.05) is 43.3 Å². The second-order valence-electron chi connectivity index (χ2n) is 8.94. The number of rotatable bonds is 7. The molecule has 1 amide bonds. The van der Waals surface area contributed by atoms with Crippen molar-refractivity contribution in [2.75, 3.05) is 18.0 Å². The number of amides is 1. The zero-order valence-electron chi connectivity index (χ0n) is 18.3. The lowest BCUT2D eigenvalue weighted by Crippen LogP contribution is -2.33. The first-order valence-electron chi connectivity index (χ1n) is 10.9. The highest BCUT2D eigenvalue weighted by Crippen LogP contribution is 2.38. The number of carbonyl (C=O) groups is 1. The van der Waals surface area contributed by atoms with Crippen LogP contribution in [0.1, 0.15) is 69.4 Å². The predicted molar refractivity (Wildman–Crippen MR) is 121 cm³/mol. The van der Waals surface area contributed by atoms with E-state index in [4.69, 9.17) is 10.5 Å². The quantitative estimate of drug-likeness (QED) is 0.659. The Labute approximate surface area is 179 Å². The molecule has 1 aliphatic rings. The Balaban J connectivity index is 1.79. The molecular formula is C25H34N2O3. The summed E-state index contributed by atoms with van der Waals surface area (Å²) >= 11 is 0. The number of primary amides is 1. The first-order chi connectivity index (χ1) is 14.3. The zero-order chi connectivity index (χ0) is 21.7. The van der Waals surface area contributed by atoms with Crippen molar-refractivity contribution in [3.8, 4) is 5.75 Å². The summed E-state index contributed by atoms with van der Waals surface area (Å²) in [5.41, 5.74) is 7.95. The van der Waals surface area contributed by atoms with E-state index in [9.17, 15) is 9.90 Å². The van der Waals surface area contributed by atoms with E-state index >= 15 is 0 Å². The maximum Gasteiger partial charge on any atom is 0.410 e. The first-order valence-corrected chi connectivity index (χ1v) is 10.9. The van der Waals surface area contributed by atoms with E-state index in [-0.39, 0.29) is 5.92 Å². The molecule has 1 aliphatic heterocycles. The minimum absolute atomic E-state index is 0.179. The summed E-state index contributed by atoms with van der Waals surface area (Å²) in [6, 6.07) is 16.7. The number of hydrogen-bond acceptors (Lipinski definition) is 4. The fourth-order valence-corrected chi connectivity index (χ4v) is 4.52. The van der Waals surface area contributed by atoms with Crippen LogP contribution >= 0.6 is 0 Å². The molecule has 0 aromatic heterocycles. The number of aliphatic hydroxyl groups is 1. The van der Waals surface area contributed by atoms with Gasteiger partial charge in [-0.15, -0.1) is 0 Å². The lowest BCUT2D eigenvalue weighted by Gasteiger charge is -2.35. The molecule has 3 rings (SSSR count). The number of hydrogen-bond donors (Lipinski definition) is 2. The second-order valence-corrected chi connectivity index (χ2v) is 8.94. The van der Waals surface area contributed by atoms with Crippen molar-refractivity contribution >= 4 is 11.8 Å². The normalized spacial score (nSPS) is 16.3. The van der Waals surface area contributed by atoms with Gasteiger partial charge >= 0.3 is 6.09 Å². The molecule has 0 bridgehead atoms. The van der Waals surface area contributed by atoms with Gasteiger partial charge in [-0.3, -0.25) is 0 Å². The summed E-state index contributed by atoms with van der Waals surface area (Å²) in [4.78, 5) is 13.8. The maximum atomic E-state index is 11.6. The van der Waals surface area contributed by atoms with Crippen molar-refractivity contribution in [3.63, 3.8) is 0 Å².